The zero-order chi connectivity index (χ0) is 27.8. The zero-order valence-corrected chi connectivity index (χ0v) is 22.3. The molecule has 1 N–H and O–H groups in total. The van der Waals surface area contributed by atoms with Crippen LogP contribution in [0.25, 0.3) is 16.0 Å². The number of carbonyl (C=O) groups excluding carboxylic acids is 2. The van der Waals surface area contributed by atoms with Gasteiger partial charge in [-0.2, -0.15) is 0 Å². The van der Waals surface area contributed by atoms with Gasteiger partial charge in [-0.05, 0) is 79.4 Å². The first-order chi connectivity index (χ1) is 18.7. The Morgan fingerprint density at radius 1 is 1.10 bits per heavy atom. The molecular formula is C29H25N3O6S. The van der Waals surface area contributed by atoms with Gasteiger partial charge in [0.05, 0.1) is 33.4 Å². The van der Waals surface area contributed by atoms with E-state index in [4.69, 9.17) is 9.72 Å². The molecule has 0 saturated carbocycles. The number of fused-ring (bicyclic) bond motifs is 1. The molecule has 1 aliphatic heterocycles. The molecule has 1 aliphatic rings. The summed E-state index contributed by atoms with van der Waals surface area (Å²) in [5.41, 5.74) is 3.19. The Hall–Kier alpha value is -4.57. The first-order valence-corrected chi connectivity index (χ1v) is 13.2. The number of benzene rings is 3. The number of aliphatic hydroxyl groups is 1. The molecule has 2 heterocycles. The van der Waals surface area contributed by atoms with E-state index < -0.39 is 22.7 Å². The van der Waals surface area contributed by atoms with Crippen LogP contribution in [-0.2, 0) is 9.59 Å². The molecule has 1 amide bonds. The second kappa shape index (κ2) is 10.3. The highest BCUT2D eigenvalue weighted by molar-refractivity contribution is 7.22. The molecule has 0 aliphatic carbocycles. The standard InChI is InChI=1S/C29H25N3O6S/c1-4-13-38-21-11-7-19(8-12-21)26(33)23-25(18-5-9-20(10-6-18)32(36)37)31(28(35)27(23)34)29-30-24-17(3)14-16(2)15-22(24)39-29/h5-12,14-15,25,33H,4,13H2,1-3H3/b26-23+. The summed E-state index contributed by atoms with van der Waals surface area (Å²) in [4.78, 5) is 43.6. The van der Waals surface area contributed by atoms with Crippen LogP contribution >= 0.6 is 11.3 Å². The number of Topliss-reactive ketones (excluding diaryl/α,β-unsaturated/α-hetero) is 1. The molecular weight excluding hydrogens is 518 g/mol. The molecule has 0 bridgehead atoms. The Bertz CT molecular complexity index is 1640. The fourth-order valence-corrected chi connectivity index (χ4v) is 5.84. The van der Waals surface area contributed by atoms with Crippen LogP contribution in [0.2, 0.25) is 0 Å². The maximum absolute atomic E-state index is 13.5. The van der Waals surface area contributed by atoms with E-state index in [1.807, 2.05) is 32.9 Å². The first kappa shape index (κ1) is 26.1. The lowest BCUT2D eigenvalue weighted by atomic mass is 9.95. The Kier molecular flexibility index (Phi) is 6.88. The number of nitro benzene ring substituents is 1. The summed E-state index contributed by atoms with van der Waals surface area (Å²) in [5.74, 6) is -1.44. The van der Waals surface area contributed by atoms with Crippen molar-refractivity contribution < 1.29 is 24.4 Å². The number of aryl methyl sites for hydroxylation is 2. The number of thiazole rings is 1. The van der Waals surface area contributed by atoms with E-state index in [9.17, 15) is 24.8 Å². The molecule has 1 saturated heterocycles. The van der Waals surface area contributed by atoms with Crippen molar-refractivity contribution in [3.63, 3.8) is 0 Å². The molecule has 1 aromatic heterocycles. The molecule has 10 heteroatoms. The van der Waals surface area contributed by atoms with E-state index in [-0.39, 0.29) is 17.0 Å². The van der Waals surface area contributed by atoms with Gasteiger partial charge in [0, 0.05) is 17.7 Å². The minimum absolute atomic E-state index is 0.122. The number of nitrogens with zero attached hydrogens (tertiary/aromatic N) is 3. The lowest BCUT2D eigenvalue weighted by Crippen LogP contribution is -2.29. The summed E-state index contributed by atoms with van der Waals surface area (Å²) >= 11 is 1.27. The minimum atomic E-state index is -1.04. The van der Waals surface area contributed by atoms with Crippen molar-refractivity contribution in [2.24, 2.45) is 0 Å². The normalized spacial score (nSPS) is 16.7. The van der Waals surface area contributed by atoms with Crippen LogP contribution in [0.15, 0.2) is 66.2 Å². The van der Waals surface area contributed by atoms with E-state index in [0.717, 1.165) is 22.2 Å². The highest BCUT2D eigenvalue weighted by Gasteiger charge is 2.48. The van der Waals surface area contributed by atoms with Gasteiger partial charge in [-0.3, -0.25) is 24.6 Å². The van der Waals surface area contributed by atoms with E-state index in [1.54, 1.807) is 24.3 Å². The predicted octanol–water partition coefficient (Wildman–Crippen LogP) is 6.24. The highest BCUT2D eigenvalue weighted by Crippen LogP contribution is 2.45. The van der Waals surface area contributed by atoms with Gasteiger partial charge >= 0.3 is 5.91 Å². The Morgan fingerprint density at radius 3 is 2.44 bits per heavy atom. The van der Waals surface area contributed by atoms with Crippen molar-refractivity contribution >= 4 is 49.8 Å². The number of non-ortho nitro benzene ring substituents is 1. The van der Waals surface area contributed by atoms with Crippen LogP contribution in [0, 0.1) is 24.0 Å². The molecule has 0 radical (unpaired) electrons. The summed E-state index contributed by atoms with van der Waals surface area (Å²) < 4.78 is 6.46. The summed E-state index contributed by atoms with van der Waals surface area (Å²) in [5, 5.41) is 22.9. The second-order valence-corrected chi connectivity index (χ2v) is 10.3. The average molecular weight is 544 g/mol. The molecule has 4 aromatic rings. The van der Waals surface area contributed by atoms with Crippen molar-refractivity contribution in [2.45, 2.75) is 33.2 Å². The van der Waals surface area contributed by atoms with E-state index in [2.05, 4.69) is 0 Å². The third-order valence-electron chi connectivity index (χ3n) is 6.49. The molecule has 1 unspecified atom stereocenters. The second-order valence-electron chi connectivity index (χ2n) is 9.32. The van der Waals surface area contributed by atoms with Gasteiger partial charge in [-0.15, -0.1) is 0 Å². The number of aliphatic hydroxyl groups excluding tert-OH is 1. The van der Waals surface area contributed by atoms with Gasteiger partial charge in [0.1, 0.15) is 11.5 Å². The van der Waals surface area contributed by atoms with Crippen molar-refractivity contribution in [2.75, 3.05) is 11.5 Å². The quantitative estimate of drug-likeness (QED) is 0.0963. The number of nitro groups is 1. The van der Waals surface area contributed by atoms with Gasteiger partial charge in [0.2, 0.25) is 0 Å². The zero-order valence-electron chi connectivity index (χ0n) is 21.5. The molecule has 0 spiro atoms. The third kappa shape index (κ3) is 4.74. The van der Waals surface area contributed by atoms with Gasteiger partial charge < -0.3 is 9.84 Å². The predicted molar refractivity (Wildman–Crippen MR) is 149 cm³/mol. The number of hydrogen-bond acceptors (Lipinski definition) is 8. The summed E-state index contributed by atoms with van der Waals surface area (Å²) in [6.45, 7) is 6.42. The van der Waals surface area contributed by atoms with Gasteiger partial charge in [0.25, 0.3) is 11.5 Å². The number of ether oxygens (including phenoxy) is 1. The van der Waals surface area contributed by atoms with Crippen molar-refractivity contribution in [1.82, 2.24) is 4.98 Å². The third-order valence-corrected chi connectivity index (χ3v) is 7.49. The number of carbonyl (C=O) groups is 2. The van der Waals surface area contributed by atoms with Crippen LogP contribution < -0.4 is 9.64 Å². The molecule has 1 atom stereocenters. The number of ketones is 1. The highest BCUT2D eigenvalue weighted by atomic mass is 32.1. The lowest BCUT2D eigenvalue weighted by molar-refractivity contribution is -0.384. The SMILES string of the molecule is CCCOc1ccc(/C(O)=C2\C(=O)C(=O)N(c3nc4c(C)cc(C)cc4s3)C2c2ccc([N+](=O)[O-])cc2)cc1. The van der Waals surface area contributed by atoms with Crippen LogP contribution in [0.4, 0.5) is 10.8 Å². The topological polar surface area (TPSA) is 123 Å². The largest absolute Gasteiger partial charge is 0.507 e. The molecule has 1 fully saturated rings. The van der Waals surface area contributed by atoms with Crippen LogP contribution in [-0.4, -0.2) is 33.3 Å². The fourth-order valence-electron chi connectivity index (χ4n) is 4.67. The van der Waals surface area contributed by atoms with E-state index >= 15 is 0 Å². The monoisotopic (exact) mass is 543 g/mol. The smallest absolute Gasteiger partial charge is 0.301 e. The first-order valence-electron chi connectivity index (χ1n) is 12.4. The summed E-state index contributed by atoms with van der Waals surface area (Å²) in [6.07, 6.45) is 0.839. The van der Waals surface area contributed by atoms with Gasteiger partial charge in [0.15, 0.2) is 5.13 Å². The number of aromatic nitrogens is 1. The van der Waals surface area contributed by atoms with Gasteiger partial charge in [-0.1, -0.05) is 24.3 Å². The number of rotatable bonds is 7. The Morgan fingerprint density at radius 2 is 1.79 bits per heavy atom. The van der Waals surface area contributed by atoms with Crippen LogP contribution in [0.5, 0.6) is 5.75 Å². The summed E-state index contributed by atoms with van der Waals surface area (Å²) in [7, 11) is 0. The van der Waals surface area contributed by atoms with Crippen molar-refractivity contribution in [1.29, 1.82) is 0 Å². The van der Waals surface area contributed by atoms with E-state index in [0.29, 0.717) is 34.1 Å². The van der Waals surface area contributed by atoms with Gasteiger partial charge in [-0.25, -0.2) is 4.98 Å². The molecule has 39 heavy (non-hydrogen) atoms. The number of amides is 1. The maximum Gasteiger partial charge on any atom is 0.301 e. The maximum atomic E-state index is 13.5. The number of anilines is 1. The Labute approximate surface area is 228 Å². The summed E-state index contributed by atoms with van der Waals surface area (Å²) in [6, 6.07) is 15.1. The Balaban J connectivity index is 1.67. The van der Waals surface area contributed by atoms with Crippen molar-refractivity contribution in [3.05, 3.63) is 98.6 Å². The molecule has 9 nitrogen and oxygen atoms in total. The van der Waals surface area contributed by atoms with E-state index in [1.165, 1.54) is 40.5 Å². The van der Waals surface area contributed by atoms with Crippen molar-refractivity contribution in [3.8, 4) is 5.75 Å². The fraction of sp³-hybridized carbons (Fsp3) is 0.207. The molecule has 5 rings (SSSR count). The lowest BCUT2D eigenvalue weighted by Gasteiger charge is -2.22. The van der Waals surface area contributed by atoms with Crippen LogP contribution in [0.1, 0.15) is 41.6 Å². The minimum Gasteiger partial charge on any atom is -0.507 e. The molecule has 198 valence electrons. The molecule has 3 aromatic carbocycles. The number of hydrogen-bond donors (Lipinski definition) is 1. The van der Waals surface area contributed by atoms with Crippen LogP contribution in [0.3, 0.4) is 0 Å². The average Bonchev–Trinajstić information content (AvgIpc) is 3.46.